The molecule has 1 unspecified atom stereocenters. The van der Waals surface area contributed by atoms with Crippen LogP contribution in [0.5, 0.6) is 0 Å². The van der Waals surface area contributed by atoms with Crippen molar-refractivity contribution in [1.29, 1.82) is 0 Å². The Kier molecular flexibility index (Phi) is 5.70. The fourth-order valence-corrected chi connectivity index (χ4v) is 1.74. The Morgan fingerprint density at radius 2 is 2.24 bits per heavy atom. The summed E-state index contributed by atoms with van der Waals surface area (Å²) >= 11 is 0. The minimum Gasteiger partial charge on any atom is -0.380 e. The molecule has 0 heterocycles. The summed E-state index contributed by atoms with van der Waals surface area (Å²) in [6.07, 6.45) is 1.95. The molecule has 94 valence electrons. The molecule has 1 atom stereocenters. The van der Waals surface area contributed by atoms with Crippen LogP contribution in [0, 0.1) is 5.92 Å². The number of ether oxygens (including phenoxy) is 1. The average molecular weight is 235 g/mol. The molecule has 17 heavy (non-hydrogen) atoms. The number of benzene rings is 1. The Morgan fingerprint density at radius 1 is 1.47 bits per heavy atom. The van der Waals surface area contributed by atoms with Gasteiger partial charge in [-0.1, -0.05) is 32.4 Å². The van der Waals surface area contributed by atoms with E-state index in [0.29, 0.717) is 6.61 Å². The van der Waals surface area contributed by atoms with Crippen molar-refractivity contribution in [2.45, 2.75) is 33.3 Å². The quantitative estimate of drug-likeness (QED) is 0.822. The van der Waals surface area contributed by atoms with Crippen LogP contribution in [-0.4, -0.2) is 13.0 Å². The third kappa shape index (κ3) is 4.57. The third-order valence-electron chi connectivity index (χ3n) is 2.67. The minimum absolute atomic E-state index is 0.0612. The lowest BCUT2D eigenvalue weighted by atomic mass is 10.1. The van der Waals surface area contributed by atoms with E-state index in [4.69, 9.17) is 4.74 Å². The summed E-state index contributed by atoms with van der Waals surface area (Å²) in [5.41, 5.74) is 1.90. The van der Waals surface area contributed by atoms with Crippen molar-refractivity contribution in [1.82, 2.24) is 0 Å². The van der Waals surface area contributed by atoms with Gasteiger partial charge in [-0.15, -0.1) is 0 Å². The lowest BCUT2D eigenvalue weighted by Crippen LogP contribution is -2.20. The van der Waals surface area contributed by atoms with E-state index in [1.165, 1.54) is 0 Å². The first-order valence-corrected chi connectivity index (χ1v) is 6.06. The Morgan fingerprint density at radius 3 is 2.88 bits per heavy atom. The first-order valence-electron chi connectivity index (χ1n) is 6.06. The van der Waals surface area contributed by atoms with E-state index in [0.717, 1.165) is 24.1 Å². The molecule has 3 nitrogen and oxygen atoms in total. The zero-order valence-electron chi connectivity index (χ0n) is 10.8. The zero-order valence-corrected chi connectivity index (χ0v) is 10.8. The summed E-state index contributed by atoms with van der Waals surface area (Å²) in [5, 5.41) is 2.93. The highest BCUT2D eigenvalue weighted by Crippen LogP contribution is 2.14. The molecule has 0 aliphatic carbocycles. The van der Waals surface area contributed by atoms with E-state index in [-0.39, 0.29) is 11.8 Å². The van der Waals surface area contributed by atoms with E-state index in [1.54, 1.807) is 7.11 Å². The number of amides is 1. The van der Waals surface area contributed by atoms with E-state index in [9.17, 15) is 4.79 Å². The summed E-state index contributed by atoms with van der Waals surface area (Å²) in [6.45, 7) is 4.61. The lowest BCUT2D eigenvalue weighted by molar-refractivity contribution is -0.119. The van der Waals surface area contributed by atoms with E-state index < -0.39 is 0 Å². The number of carbonyl (C=O) groups excluding carboxylic acids is 1. The largest absolute Gasteiger partial charge is 0.380 e. The Hall–Kier alpha value is -1.35. The molecule has 3 heteroatoms. The van der Waals surface area contributed by atoms with Crippen molar-refractivity contribution in [3.63, 3.8) is 0 Å². The SMILES string of the molecule is CCCC(C)C(=O)Nc1cccc(COC)c1. The Labute approximate surface area is 103 Å². The van der Waals surface area contributed by atoms with Crippen molar-refractivity contribution in [3.8, 4) is 0 Å². The molecule has 0 saturated carbocycles. The Balaban J connectivity index is 2.61. The number of nitrogens with one attached hydrogen (secondary N) is 1. The van der Waals surface area contributed by atoms with Gasteiger partial charge in [-0.3, -0.25) is 4.79 Å². The van der Waals surface area contributed by atoms with Crippen LogP contribution < -0.4 is 5.32 Å². The fourth-order valence-electron chi connectivity index (χ4n) is 1.74. The van der Waals surface area contributed by atoms with Crippen molar-refractivity contribution in [2.75, 3.05) is 12.4 Å². The van der Waals surface area contributed by atoms with Gasteiger partial charge in [0.05, 0.1) is 6.61 Å². The van der Waals surface area contributed by atoms with Gasteiger partial charge in [-0.2, -0.15) is 0 Å². The molecule has 0 aliphatic rings. The maximum absolute atomic E-state index is 11.8. The van der Waals surface area contributed by atoms with Gasteiger partial charge < -0.3 is 10.1 Å². The normalized spacial score (nSPS) is 12.2. The number of rotatable bonds is 6. The molecule has 0 saturated heterocycles. The predicted octanol–water partition coefficient (Wildman–Crippen LogP) is 3.21. The highest BCUT2D eigenvalue weighted by atomic mass is 16.5. The number of hydrogen-bond acceptors (Lipinski definition) is 2. The molecule has 0 bridgehead atoms. The fraction of sp³-hybridized carbons (Fsp3) is 0.500. The molecule has 0 aliphatic heterocycles. The van der Waals surface area contributed by atoms with Gasteiger partial charge in [-0.05, 0) is 24.1 Å². The van der Waals surface area contributed by atoms with Crippen LogP contribution >= 0.6 is 0 Å². The second-order valence-corrected chi connectivity index (χ2v) is 4.31. The summed E-state index contributed by atoms with van der Waals surface area (Å²) in [7, 11) is 1.66. The highest BCUT2D eigenvalue weighted by Gasteiger charge is 2.11. The van der Waals surface area contributed by atoms with Crippen LogP contribution in [0.3, 0.4) is 0 Å². The first kappa shape index (κ1) is 13.7. The van der Waals surface area contributed by atoms with Crippen LogP contribution in [0.25, 0.3) is 0 Å². The summed E-state index contributed by atoms with van der Waals surface area (Å²) in [4.78, 5) is 11.8. The van der Waals surface area contributed by atoms with Gasteiger partial charge in [0, 0.05) is 18.7 Å². The van der Waals surface area contributed by atoms with Gasteiger partial charge >= 0.3 is 0 Å². The minimum atomic E-state index is 0.0612. The maximum Gasteiger partial charge on any atom is 0.227 e. The molecule has 0 radical (unpaired) electrons. The van der Waals surface area contributed by atoms with Crippen molar-refractivity contribution < 1.29 is 9.53 Å². The van der Waals surface area contributed by atoms with Crippen LogP contribution in [0.2, 0.25) is 0 Å². The number of hydrogen-bond donors (Lipinski definition) is 1. The van der Waals surface area contributed by atoms with Gasteiger partial charge in [-0.25, -0.2) is 0 Å². The molecule has 0 aromatic heterocycles. The molecule has 1 aromatic rings. The number of methoxy groups -OCH3 is 1. The van der Waals surface area contributed by atoms with E-state index >= 15 is 0 Å². The smallest absolute Gasteiger partial charge is 0.227 e. The predicted molar refractivity (Wildman–Crippen MR) is 69.9 cm³/mol. The molecule has 1 amide bonds. The molecule has 1 N–H and O–H groups in total. The van der Waals surface area contributed by atoms with Gasteiger partial charge in [0.1, 0.15) is 0 Å². The van der Waals surface area contributed by atoms with Gasteiger partial charge in [0.25, 0.3) is 0 Å². The molecular weight excluding hydrogens is 214 g/mol. The van der Waals surface area contributed by atoms with Crippen LogP contribution in [-0.2, 0) is 16.1 Å². The van der Waals surface area contributed by atoms with Crippen molar-refractivity contribution >= 4 is 11.6 Å². The lowest BCUT2D eigenvalue weighted by Gasteiger charge is -2.11. The maximum atomic E-state index is 11.8. The summed E-state index contributed by atoms with van der Waals surface area (Å²) < 4.78 is 5.06. The van der Waals surface area contributed by atoms with Crippen LogP contribution in [0.4, 0.5) is 5.69 Å². The molecule has 1 rings (SSSR count). The van der Waals surface area contributed by atoms with Crippen molar-refractivity contribution in [3.05, 3.63) is 29.8 Å². The molecule has 0 spiro atoms. The topological polar surface area (TPSA) is 38.3 Å². The van der Waals surface area contributed by atoms with E-state index in [2.05, 4.69) is 12.2 Å². The van der Waals surface area contributed by atoms with Gasteiger partial charge in [0.15, 0.2) is 0 Å². The molecular formula is C14H21NO2. The second-order valence-electron chi connectivity index (χ2n) is 4.31. The standard InChI is InChI=1S/C14H21NO2/c1-4-6-11(2)14(16)15-13-8-5-7-12(9-13)10-17-3/h5,7-9,11H,4,6,10H2,1-3H3,(H,15,16). The third-order valence-corrected chi connectivity index (χ3v) is 2.67. The molecule has 0 fully saturated rings. The van der Waals surface area contributed by atoms with Gasteiger partial charge in [0.2, 0.25) is 5.91 Å². The van der Waals surface area contributed by atoms with Crippen LogP contribution in [0.15, 0.2) is 24.3 Å². The summed E-state index contributed by atoms with van der Waals surface area (Å²) in [6, 6.07) is 7.75. The molecule has 1 aromatic carbocycles. The Bertz CT molecular complexity index is 363. The second kappa shape index (κ2) is 7.07. The average Bonchev–Trinajstić information content (AvgIpc) is 2.30. The van der Waals surface area contributed by atoms with Crippen LogP contribution in [0.1, 0.15) is 32.3 Å². The zero-order chi connectivity index (χ0) is 12.7. The monoisotopic (exact) mass is 235 g/mol. The van der Waals surface area contributed by atoms with E-state index in [1.807, 2.05) is 31.2 Å². The highest BCUT2D eigenvalue weighted by molar-refractivity contribution is 5.92. The van der Waals surface area contributed by atoms with Crippen molar-refractivity contribution in [2.24, 2.45) is 5.92 Å². The number of anilines is 1. The number of carbonyl (C=O) groups is 1. The first-order chi connectivity index (χ1) is 8.17. The summed E-state index contributed by atoms with van der Waals surface area (Å²) in [5.74, 6) is 0.146.